The van der Waals surface area contributed by atoms with Crippen molar-refractivity contribution in [1.29, 1.82) is 0 Å². The highest BCUT2D eigenvalue weighted by molar-refractivity contribution is 5.49. The molecule has 0 amide bonds. The molecule has 0 rings (SSSR count). The largest absolute Gasteiger partial charge is 0.330 e. The zero-order valence-electron chi connectivity index (χ0n) is 5.97. The Kier molecular flexibility index (Phi) is 5.52. The summed E-state index contributed by atoms with van der Waals surface area (Å²) in [5, 5.41) is 0. The number of aldehydes is 1. The van der Waals surface area contributed by atoms with Gasteiger partial charge in [0.25, 0.3) is 0 Å². The molecule has 0 saturated heterocycles. The normalized spacial score (nSPS) is 13.1. The summed E-state index contributed by atoms with van der Waals surface area (Å²) < 4.78 is 0. The van der Waals surface area contributed by atoms with E-state index in [-0.39, 0.29) is 0 Å². The number of nitrogens with two attached hydrogens (primary N) is 1. The van der Waals surface area contributed by atoms with Gasteiger partial charge in [0.05, 0.1) is 0 Å². The summed E-state index contributed by atoms with van der Waals surface area (Å²) in [5.41, 5.74) is 5.28. The van der Waals surface area contributed by atoms with E-state index >= 15 is 0 Å². The molecule has 0 aromatic carbocycles. The maximum Gasteiger partial charge on any atom is 0.120 e. The van der Waals surface area contributed by atoms with Crippen LogP contribution in [0.15, 0.2) is 0 Å². The van der Waals surface area contributed by atoms with Gasteiger partial charge in [-0.2, -0.15) is 0 Å². The van der Waals surface area contributed by atoms with E-state index in [1.165, 1.54) is 0 Å². The molecule has 2 nitrogen and oxygen atoms in total. The molecule has 0 bridgehead atoms. The molecule has 0 spiro atoms. The lowest BCUT2D eigenvalue weighted by atomic mass is 10.0. The molecular formula is C7H15NO. The van der Waals surface area contributed by atoms with Gasteiger partial charge in [-0.05, 0) is 25.3 Å². The van der Waals surface area contributed by atoms with Crippen molar-refractivity contribution in [2.75, 3.05) is 6.54 Å². The average molecular weight is 129 g/mol. The van der Waals surface area contributed by atoms with Gasteiger partial charge in [0.2, 0.25) is 0 Å². The molecule has 0 aliphatic rings. The van der Waals surface area contributed by atoms with Crippen molar-refractivity contribution in [3.63, 3.8) is 0 Å². The van der Waals surface area contributed by atoms with Crippen molar-refractivity contribution in [3.8, 4) is 0 Å². The van der Waals surface area contributed by atoms with Gasteiger partial charge in [-0.1, -0.05) is 6.92 Å². The molecule has 1 atom stereocenters. The predicted molar refractivity (Wildman–Crippen MR) is 38.1 cm³/mol. The topological polar surface area (TPSA) is 43.1 Å². The molecule has 0 heterocycles. The fourth-order valence-corrected chi connectivity index (χ4v) is 0.748. The first-order chi connectivity index (χ1) is 4.31. The van der Waals surface area contributed by atoms with Crippen LogP contribution in [0.25, 0.3) is 0 Å². The van der Waals surface area contributed by atoms with Crippen LogP contribution in [-0.4, -0.2) is 12.8 Å². The van der Waals surface area contributed by atoms with Gasteiger partial charge in [-0.25, -0.2) is 0 Å². The van der Waals surface area contributed by atoms with E-state index in [4.69, 9.17) is 5.73 Å². The van der Waals surface area contributed by atoms with Crippen LogP contribution in [0.5, 0.6) is 0 Å². The van der Waals surface area contributed by atoms with Crippen LogP contribution in [0.3, 0.4) is 0 Å². The fraction of sp³-hybridized carbons (Fsp3) is 0.857. The molecule has 0 aliphatic heterocycles. The summed E-state index contributed by atoms with van der Waals surface area (Å²) in [4.78, 5) is 9.95. The third-order valence-electron chi connectivity index (χ3n) is 1.40. The van der Waals surface area contributed by atoms with Gasteiger partial charge >= 0.3 is 0 Å². The molecule has 0 saturated carbocycles. The Labute approximate surface area is 56.4 Å². The summed E-state index contributed by atoms with van der Waals surface area (Å²) in [5.74, 6) is 0.519. The van der Waals surface area contributed by atoms with Crippen LogP contribution in [0.4, 0.5) is 0 Å². The Morgan fingerprint density at radius 3 is 2.78 bits per heavy atom. The summed E-state index contributed by atoms with van der Waals surface area (Å²) in [6.07, 6.45) is 3.77. The van der Waals surface area contributed by atoms with E-state index in [9.17, 15) is 4.79 Å². The molecule has 0 radical (unpaired) electrons. The number of carbonyl (C=O) groups excluding carboxylic acids is 1. The monoisotopic (exact) mass is 129 g/mol. The van der Waals surface area contributed by atoms with E-state index in [1.54, 1.807) is 0 Å². The molecular weight excluding hydrogens is 114 g/mol. The van der Waals surface area contributed by atoms with E-state index in [0.717, 1.165) is 25.7 Å². The third kappa shape index (κ3) is 5.50. The van der Waals surface area contributed by atoms with Crippen LogP contribution < -0.4 is 5.73 Å². The highest BCUT2D eigenvalue weighted by Crippen LogP contribution is 2.06. The van der Waals surface area contributed by atoms with Crippen LogP contribution >= 0.6 is 0 Å². The van der Waals surface area contributed by atoms with E-state index in [0.29, 0.717) is 12.3 Å². The molecule has 0 fully saturated rings. The first kappa shape index (κ1) is 8.63. The molecule has 1 unspecified atom stereocenters. The molecule has 9 heavy (non-hydrogen) atoms. The first-order valence-electron chi connectivity index (χ1n) is 3.45. The lowest BCUT2D eigenvalue weighted by Gasteiger charge is -2.03. The quantitative estimate of drug-likeness (QED) is 0.561. The minimum atomic E-state index is 0.519. The Balaban J connectivity index is 3.04. The summed E-state index contributed by atoms with van der Waals surface area (Å²) in [7, 11) is 0. The second kappa shape index (κ2) is 5.76. The van der Waals surface area contributed by atoms with Crippen molar-refractivity contribution in [3.05, 3.63) is 0 Å². The van der Waals surface area contributed by atoms with Crippen molar-refractivity contribution in [2.24, 2.45) is 11.7 Å². The Hall–Kier alpha value is -0.370. The molecule has 2 heteroatoms. The maximum absolute atomic E-state index is 9.95. The van der Waals surface area contributed by atoms with Crippen LogP contribution in [0.1, 0.15) is 26.2 Å². The SMILES string of the molecule is CC(CC=O)CCCN. The van der Waals surface area contributed by atoms with E-state index < -0.39 is 0 Å². The van der Waals surface area contributed by atoms with Crippen molar-refractivity contribution < 1.29 is 4.79 Å². The van der Waals surface area contributed by atoms with Crippen LogP contribution in [0.2, 0.25) is 0 Å². The fourth-order valence-electron chi connectivity index (χ4n) is 0.748. The lowest BCUT2D eigenvalue weighted by Crippen LogP contribution is -2.02. The molecule has 0 aromatic rings. The first-order valence-corrected chi connectivity index (χ1v) is 3.45. The Morgan fingerprint density at radius 1 is 1.67 bits per heavy atom. The number of hydrogen-bond donors (Lipinski definition) is 1. The molecule has 54 valence electrons. The standard InChI is InChI=1S/C7H15NO/c1-7(4-6-9)3-2-5-8/h6-7H,2-5,8H2,1H3. The van der Waals surface area contributed by atoms with Crippen molar-refractivity contribution in [1.82, 2.24) is 0 Å². The smallest absolute Gasteiger partial charge is 0.120 e. The number of carbonyl (C=O) groups is 1. The van der Waals surface area contributed by atoms with Crippen LogP contribution in [-0.2, 0) is 4.79 Å². The Bertz CT molecular complexity index is 73.3. The zero-order chi connectivity index (χ0) is 7.11. The highest BCUT2D eigenvalue weighted by atomic mass is 16.1. The number of rotatable bonds is 5. The summed E-state index contributed by atoms with van der Waals surface area (Å²) in [6.45, 7) is 2.81. The van der Waals surface area contributed by atoms with Crippen LogP contribution in [0, 0.1) is 5.92 Å². The lowest BCUT2D eigenvalue weighted by molar-refractivity contribution is -0.108. The van der Waals surface area contributed by atoms with Gasteiger partial charge in [0.15, 0.2) is 0 Å². The Morgan fingerprint density at radius 2 is 2.33 bits per heavy atom. The van der Waals surface area contributed by atoms with E-state index in [1.807, 2.05) is 0 Å². The minimum Gasteiger partial charge on any atom is -0.330 e. The van der Waals surface area contributed by atoms with Crippen molar-refractivity contribution >= 4 is 6.29 Å². The minimum absolute atomic E-state index is 0.519. The average Bonchev–Trinajstić information content (AvgIpc) is 1.85. The highest BCUT2D eigenvalue weighted by Gasteiger charge is 1.98. The summed E-state index contributed by atoms with van der Waals surface area (Å²) >= 11 is 0. The molecule has 0 aliphatic carbocycles. The molecule has 0 aromatic heterocycles. The van der Waals surface area contributed by atoms with Crippen molar-refractivity contribution in [2.45, 2.75) is 26.2 Å². The second-order valence-electron chi connectivity index (χ2n) is 2.44. The third-order valence-corrected chi connectivity index (χ3v) is 1.40. The molecule has 2 N–H and O–H groups in total. The maximum atomic E-state index is 9.95. The van der Waals surface area contributed by atoms with Gasteiger partial charge in [0, 0.05) is 6.42 Å². The van der Waals surface area contributed by atoms with E-state index in [2.05, 4.69) is 6.92 Å². The van der Waals surface area contributed by atoms with Gasteiger partial charge in [0.1, 0.15) is 6.29 Å². The van der Waals surface area contributed by atoms with Gasteiger partial charge < -0.3 is 10.5 Å². The number of hydrogen-bond acceptors (Lipinski definition) is 2. The zero-order valence-corrected chi connectivity index (χ0v) is 5.97. The predicted octanol–water partition coefficient (Wildman–Crippen LogP) is 0.950. The second-order valence-corrected chi connectivity index (χ2v) is 2.44. The van der Waals surface area contributed by atoms with Gasteiger partial charge in [-0.15, -0.1) is 0 Å². The summed E-state index contributed by atoms with van der Waals surface area (Å²) in [6, 6.07) is 0. The van der Waals surface area contributed by atoms with Gasteiger partial charge in [-0.3, -0.25) is 0 Å².